The summed E-state index contributed by atoms with van der Waals surface area (Å²) in [6.45, 7) is 4.02. The highest BCUT2D eigenvalue weighted by atomic mass is 32.2. The molecule has 1 aromatic carbocycles. The normalized spacial score (nSPS) is 12.9. The van der Waals surface area contributed by atoms with Crippen LogP contribution >= 0.6 is 0 Å². The molecule has 1 aromatic heterocycles. The van der Waals surface area contributed by atoms with Gasteiger partial charge in [-0.15, -0.1) is 0 Å². The number of rotatable bonds is 4. The van der Waals surface area contributed by atoms with Crippen molar-refractivity contribution in [3.8, 4) is 0 Å². The van der Waals surface area contributed by atoms with E-state index in [1.807, 2.05) is 38.1 Å². The molecule has 0 amide bonds. The lowest BCUT2D eigenvalue weighted by Crippen LogP contribution is -2.12. The first kappa shape index (κ1) is 14.5. The van der Waals surface area contributed by atoms with Crippen molar-refractivity contribution in [3.05, 3.63) is 53.7 Å². The smallest absolute Gasteiger partial charge is 0.179 e. The van der Waals surface area contributed by atoms with Crippen molar-refractivity contribution in [2.24, 2.45) is 0 Å². The molecule has 0 spiro atoms. The Kier molecular flexibility index (Phi) is 4.09. The number of aryl methyl sites for hydroxylation is 1. The van der Waals surface area contributed by atoms with Gasteiger partial charge in [-0.3, -0.25) is 0 Å². The minimum atomic E-state index is -3.30. The number of sulfone groups is 1. The topological polar surface area (TPSA) is 59.1 Å². The van der Waals surface area contributed by atoms with E-state index in [9.17, 15) is 8.42 Å². The number of pyridine rings is 1. The summed E-state index contributed by atoms with van der Waals surface area (Å²) in [4.78, 5) is 4.37. The Morgan fingerprint density at radius 2 is 1.85 bits per heavy atom. The van der Waals surface area contributed by atoms with Crippen molar-refractivity contribution in [2.45, 2.75) is 24.8 Å². The molecular weight excluding hydrogens is 272 g/mol. The largest absolute Gasteiger partial charge is 0.362 e. The molecular formula is C15H18N2O2S. The van der Waals surface area contributed by atoms with E-state index in [0.717, 1.165) is 11.1 Å². The number of aromatic nitrogens is 1. The van der Waals surface area contributed by atoms with Gasteiger partial charge < -0.3 is 5.32 Å². The SMILES string of the molecule is Cc1ccccc1C(C)Nc1ncccc1S(C)(=O)=O. The van der Waals surface area contributed by atoms with Crippen LogP contribution in [0.4, 0.5) is 5.82 Å². The van der Waals surface area contributed by atoms with E-state index in [2.05, 4.69) is 10.3 Å². The van der Waals surface area contributed by atoms with Gasteiger partial charge in [-0.1, -0.05) is 24.3 Å². The fourth-order valence-corrected chi connectivity index (χ4v) is 2.94. The molecule has 106 valence electrons. The molecule has 2 aromatic rings. The average molecular weight is 290 g/mol. The third kappa shape index (κ3) is 3.17. The Labute approximate surface area is 119 Å². The number of anilines is 1. The van der Waals surface area contributed by atoms with Gasteiger partial charge in [-0.05, 0) is 37.1 Å². The predicted octanol–water partition coefficient (Wildman–Crippen LogP) is 2.97. The molecule has 1 heterocycles. The summed E-state index contributed by atoms with van der Waals surface area (Å²) in [5.41, 5.74) is 2.28. The van der Waals surface area contributed by atoms with E-state index >= 15 is 0 Å². The van der Waals surface area contributed by atoms with Crippen LogP contribution < -0.4 is 5.32 Å². The molecule has 4 nitrogen and oxygen atoms in total. The molecule has 0 aliphatic heterocycles. The van der Waals surface area contributed by atoms with E-state index in [1.165, 1.54) is 6.26 Å². The van der Waals surface area contributed by atoms with Gasteiger partial charge >= 0.3 is 0 Å². The number of nitrogens with zero attached hydrogens (tertiary/aromatic N) is 1. The lowest BCUT2D eigenvalue weighted by Gasteiger charge is -2.18. The van der Waals surface area contributed by atoms with Gasteiger partial charge in [0.15, 0.2) is 9.84 Å². The van der Waals surface area contributed by atoms with Crippen LogP contribution in [0.5, 0.6) is 0 Å². The molecule has 0 fully saturated rings. The van der Waals surface area contributed by atoms with Crippen LogP contribution in [0.3, 0.4) is 0 Å². The third-order valence-corrected chi connectivity index (χ3v) is 4.31. The Morgan fingerprint density at radius 3 is 2.50 bits per heavy atom. The van der Waals surface area contributed by atoms with Crippen molar-refractivity contribution in [2.75, 3.05) is 11.6 Å². The summed E-state index contributed by atoms with van der Waals surface area (Å²) >= 11 is 0. The minimum Gasteiger partial charge on any atom is -0.362 e. The second-order valence-corrected chi connectivity index (χ2v) is 6.83. The van der Waals surface area contributed by atoms with Gasteiger partial charge in [0.2, 0.25) is 0 Å². The highest BCUT2D eigenvalue weighted by Gasteiger charge is 2.16. The van der Waals surface area contributed by atoms with E-state index in [1.54, 1.807) is 18.3 Å². The van der Waals surface area contributed by atoms with Crippen LogP contribution in [0, 0.1) is 6.92 Å². The molecule has 5 heteroatoms. The van der Waals surface area contributed by atoms with E-state index in [-0.39, 0.29) is 10.9 Å². The van der Waals surface area contributed by atoms with Crippen molar-refractivity contribution in [3.63, 3.8) is 0 Å². The molecule has 0 aliphatic carbocycles. The van der Waals surface area contributed by atoms with Crippen LogP contribution in [0.25, 0.3) is 0 Å². The Hall–Kier alpha value is -1.88. The Bertz CT molecular complexity index is 711. The summed E-state index contributed by atoms with van der Waals surface area (Å²) < 4.78 is 23.5. The quantitative estimate of drug-likeness (QED) is 0.940. The molecule has 1 unspecified atom stereocenters. The van der Waals surface area contributed by atoms with Gasteiger partial charge in [0.05, 0.1) is 6.04 Å². The van der Waals surface area contributed by atoms with Crippen LogP contribution in [-0.2, 0) is 9.84 Å². The number of hydrogen-bond acceptors (Lipinski definition) is 4. The lowest BCUT2D eigenvalue weighted by atomic mass is 10.0. The molecule has 1 N–H and O–H groups in total. The fraction of sp³-hybridized carbons (Fsp3) is 0.267. The second kappa shape index (κ2) is 5.63. The summed E-state index contributed by atoms with van der Waals surface area (Å²) in [5.74, 6) is 0.394. The Morgan fingerprint density at radius 1 is 1.15 bits per heavy atom. The fourth-order valence-electron chi connectivity index (χ4n) is 2.15. The van der Waals surface area contributed by atoms with Crippen LogP contribution in [-0.4, -0.2) is 19.7 Å². The maximum Gasteiger partial charge on any atom is 0.179 e. The van der Waals surface area contributed by atoms with Crippen molar-refractivity contribution < 1.29 is 8.42 Å². The van der Waals surface area contributed by atoms with E-state index < -0.39 is 9.84 Å². The van der Waals surface area contributed by atoms with E-state index in [4.69, 9.17) is 0 Å². The van der Waals surface area contributed by atoms with Gasteiger partial charge in [0, 0.05) is 12.5 Å². The predicted molar refractivity (Wildman–Crippen MR) is 80.6 cm³/mol. The first-order chi connectivity index (χ1) is 9.39. The number of hydrogen-bond donors (Lipinski definition) is 1. The van der Waals surface area contributed by atoms with Crippen molar-refractivity contribution in [1.82, 2.24) is 4.98 Å². The third-order valence-electron chi connectivity index (χ3n) is 3.18. The molecule has 0 aliphatic rings. The molecule has 0 bridgehead atoms. The van der Waals surface area contributed by atoms with Crippen LogP contribution in [0.1, 0.15) is 24.1 Å². The zero-order valence-electron chi connectivity index (χ0n) is 11.8. The molecule has 20 heavy (non-hydrogen) atoms. The van der Waals surface area contributed by atoms with Gasteiger partial charge in [0.25, 0.3) is 0 Å². The average Bonchev–Trinajstić information content (AvgIpc) is 2.38. The lowest BCUT2D eigenvalue weighted by molar-refractivity contribution is 0.601. The van der Waals surface area contributed by atoms with Crippen LogP contribution in [0.2, 0.25) is 0 Å². The highest BCUT2D eigenvalue weighted by molar-refractivity contribution is 7.90. The van der Waals surface area contributed by atoms with Crippen molar-refractivity contribution >= 4 is 15.7 Å². The summed E-state index contributed by atoms with van der Waals surface area (Å²) in [7, 11) is -3.30. The van der Waals surface area contributed by atoms with Gasteiger partial charge in [-0.25, -0.2) is 13.4 Å². The molecule has 1 atom stereocenters. The maximum absolute atomic E-state index is 11.8. The zero-order chi connectivity index (χ0) is 14.8. The summed E-state index contributed by atoms with van der Waals surface area (Å²) in [5, 5.41) is 3.18. The summed E-state index contributed by atoms with van der Waals surface area (Å²) in [6, 6.07) is 11.2. The Balaban J connectivity index is 2.34. The molecule has 0 saturated carbocycles. The van der Waals surface area contributed by atoms with Gasteiger partial charge in [0.1, 0.15) is 10.7 Å². The van der Waals surface area contributed by atoms with E-state index in [0.29, 0.717) is 5.82 Å². The maximum atomic E-state index is 11.8. The van der Waals surface area contributed by atoms with Crippen molar-refractivity contribution in [1.29, 1.82) is 0 Å². The first-order valence-corrected chi connectivity index (χ1v) is 8.26. The highest BCUT2D eigenvalue weighted by Crippen LogP contribution is 2.25. The standard InChI is InChI=1S/C15H18N2O2S/c1-11-7-4-5-8-13(11)12(2)17-15-14(20(3,18)19)9-6-10-16-15/h4-10,12H,1-3H3,(H,16,17). The second-order valence-electron chi connectivity index (χ2n) is 4.84. The molecule has 2 rings (SSSR count). The number of benzene rings is 1. The first-order valence-electron chi connectivity index (χ1n) is 6.36. The van der Waals surface area contributed by atoms with Gasteiger partial charge in [-0.2, -0.15) is 0 Å². The number of nitrogens with one attached hydrogen (secondary N) is 1. The molecule has 0 saturated heterocycles. The molecule has 0 radical (unpaired) electrons. The van der Waals surface area contributed by atoms with Crippen LogP contribution in [0.15, 0.2) is 47.5 Å². The monoisotopic (exact) mass is 290 g/mol. The summed E-state index contributed by atoms with van der Waals surface area (Å²) in [6.07, 6.45) is 2.77. The minimum absolute atomic E-state index is 0.0217. The zero-order valence-corrected chi connectivity index (χ0v) is 12.6.